The molecule has 1 atom stereocenters. The highest BCUT2D eigenvalue weighted by Gasteiger charge is 2.29. The number of nitrogens with zero attached hydrogens (tertiary/aromatic N) is 3. The quantitative estimate of drug-likeness (QED) is 0.666. The number of carbonyl (C=O) groups excluding carboxylic acids is 1. The van der Waals surface area contributed by atoms with Gasteiger partial charge in [-0.15, -0.1) is 0 Å². The van der Waals surface area contributed by atoms with Gasteiger partial charge in [0.05, 0.1) is 17.8 Å². The third-order valence-electron chi connectivity index (χ3n) is 5.40. The SMILES string of the molecule is NC(=O)[C@@H]1CCCN1Cc1cn(Cc2ccc(F)cc2)c2cnc(C(=O)O)cc12. The molecule has 3 N–H and O–H groups in total. The molecule has 1 aliphatic heterocycles. The van der Waals surface area contributed by atoms with Crippen molar-refractivity contribution in [3.63, 3.8) is 0 Å². The van der Waals surface area contributed by atoms with E-state index in [0.29, 0.717) is 13.1 Å². The number of nitrogens with two attached hydrogens (primary N) is 1. The highest BCUT2D eigenvalue weighted by atomic mass is 19.1. The lowest BCUT2D eigenvalue weighted by Gasteiger charge is -2.21. The molecule has 7 nitrogen and oxygen atoms in total. The molecule has 3 heterocycles. The van der Waals surface area contributed by atoms with Gasteiger partial charge in [-0.1, -0.05) is 12.1 Å². The molecule has 150 valence electrons. The molecule has 1 fully saturated rings. The van der Waals surface area contributed by atoms with Gasteiger partial charge < -0.3 is 15.4 Å². The molecule has 4 rings (SSSR count). The van der Waals surface area contributed by atoms with E-state index in [0.717, 1.165) is 41.4 Å². The number of hydrogen-bond donors (Lipinski definition) is 2. The molecule has 0 bridgehead atoms. The maximum atomic E-state index is 13.2. The maximum absolute atomic E-state index is 13.2. The topological polar surface area (TPSA) is 101 Å². The van der Waals surface area contributed by atoms with Crippen LogP contribution in [0.2, 0.25) is 0 Å². The lowest BCUT2D eigenvalue weighted by Crippen LogP contribution is -2.39. The Morgan fingerprint density at radius 3 is 2.69 bits per heavy atom. The molecule has 3 aromatic rings. The van der Waals surface area contributed by atoms with Crippen LogP contribution in [0.5, 0.6) is 0 Å². The predicted octanol–water partition coefficient (Wildman–Crippen LogP) is 2.37. The van der Waals surface area contributed by atoms with Gasteiger partial charge in [0, 0.05) is 24.7 Å². The maximum Gasteiger partial charge on any atom is 0.354 e. The highest BCUT2D eigenvalue weighted by molar-refractivity contribution is 5.92. The van der Waals surface area contributed by atoms with Gasteiger partial charge in [-0.2, -0.15) is 0 Å². The number of aromatic nitrogens is 2. The van der Waals surface area contributed by atoms with Crippen molar-refractivity contribution in [3.8, 4) is 0 Å². The van der Waals surface area contributed by atoms with Crippen molar-refractivity contribution in [2.24, 2.45) is 5.73 Å². The van der Waals surface area contributed by atoms with Crippen LogP contribution in [0.25, 0.3) is 10.9 Å². The summed E-state index contributed by atoms with van der Waals surface area (Å²) in [7, 11) is 0. The lowest BCUT2D eigenvalue weighted by molar-refractivity contribution is -0.122. The Morgan fingerprint density at radius 1 is 1.24 bits per heavy atom. The van der Waals surface area contributed by atoms with Crippen LogP contribution in [0.1, 0.15) is 34.5 Å². The Bertz CT molecular complexity index is 1080. The van der Waals surface area contributed by atoms with Gasteiger partial charge in [0.1, 0.15) is 11.5 Å². The minimum absolute atomic E-state index is 0.0360. The molecule has 0 spiro atoms. The molecule has 1 saturated heterocycles. The molecule has 1 aliphatic rings. The molecule has 1 aromatic carbocycles. The Labute approximate surface area is 166 Å². The Balaban J connectivity index is 1.73. The van der Waals surface area contributed by atoms with E-state index in [1.54, 1.807) is 24.4 Å². The van der Waals surface area contributed by atoms with Crippen LogP contribution in [0.3, 0.4) is 0 Å². The molecular formula is C21H21FN4O3. The van der Waals surface area contributed by atoms with E-state index in [1.165, 1.54) is 12.1 Å². The molecule has 8 heteroatoms. The number of carboxylic acids is 1. The number of aromatic carboxylic acids is 1. The zero-order chi connectivity index (χ0) is 20.5. The number of pyridine rings is 1. The van der Waals surface area contributed by atoms with Crippen LogP contribution in [0.4, 0.5) is 4.39 Å². The van der Waals surface area contributed by atoms with Crippen molar-refractivity contribution < 1.29 is 19.1 Å². The number of carbonyl (C=O) groups is 2. The standard InChI is InChI=1S/C21H21FN4O3/c22-15-5-3-13(4-6-15)10-26-12-14(11-25-7-1-2-18(25)20(23)27)16-8-17(21(28)29)24-9-19(16)26/h3-6,8-9,12,18H,1-2,7,10-11H2,(H2,23,27)(H,28,29)/t18-/m0/s1. The molecule has 29 heavy (non-hydrogen) atoms. The summed E-state index contributed by atoms with van der Waals surface area (Å²) in [5.41, 5.74) is 8.09. The monoisotopic (exact) mass is 396 g/mol. The van der Waals surface area contributed by atoms with Gasteiger partial charge in [-0.05, 0) is 48.7 Å². The van der Waals surface area contributed by atoms with Gasteiger partial charge in [0.25, 0.3) is 0 Å². The van der Waals surface area contributed by atoms with Crippen LogP contribution < -0.4 is 5.73 Å². The van der Waals surface area contributed by atoms with E-state index in [1.807, 2.05) is 15.7 Å². The summed E-state index contributed by atoms with van der Waals surface area (Å²) in [6.07, 6.45) is 5.11. The highest BCUT2D eigenvalue weighted by Crippen LogP contribution is 2.27. The van der Waals surface area contributed by atoms with E-state index in [2.05, 4.69) is 4.98 Å². The van der Waals surface area contributed by atoms with Gasteiger partial charge in [0.2, 0.25) is 5.91 Å². The van der Waals surface area contributed by atoms with Crippen molar-refractivity contribution in [1.82, 2.24) is 14.5 Å². The molecular weight excluding hydrogens is 375 g/mol. The largest absolute Gasteiger partial charge is 0.477 e. The third kappa shape index (κ3) is 3.84. The average molecular weight is 396 g/mol. The average Bonchev–Trinajstić information content (AvgIpc) is 3.29. The number of carboxylic acid groups (broad SMARTS) is 1. The fourth-order valence-electron chi connectivity index (χ4n) is 3.98. The number of primary amides is 1. The zero-order valence-electron chi connectivity index (χ0n) is 15.7. The number of amides is 1. The molecule has 1 amide bonds. The molecule has 0 radical (unpaired) electrons. The number of likely N-dealkylation sites (tertiary alicyclic amines) is 1. The summed E-state index contributed by atoms with van der Waals surface area (Å²) < 4.78 is 15.2. The van der Waals surface area contributed by atoms with E-state index in [4.69, 9.17) is 5.73 Å². The minimum Gasteiger partial charge on any atom is -0.477 e. The summed E-state index contributed by atoms with van der Waals surface area (Å²) in [5.74, 6) is -1.74. The Morgan fingerprint density at radius 2 is 2.00 bits per heavy atom. The Hall–Kier alpha value is -3.26. The van der Waals surface area contributed by atoms with E-state index in [9.17, 15) is 19.1 Å². The zero-order valence-corrected chi connectivity index (χ0v) is 15.7. The van der Waals surface area contributed by atoms with Gasteiger partial charge in [0.15, 0.2) is 0 Å². The van der Waals surface area contributed by atoms with Gasteiger partial charge in [-0.3, -0.25) is 9.69 Å². The normalized spacial score (nSPS) is 17.1. The van der Waals surface area contributed by atoms with E-state index >= 15 is 0 Å². The van der Waals surface area contributed by atoms with Crippen molar-refractivity contribution in [2.45, 2.75) is 32.0 Å². The first-order valence-electron chi connectivity index (χ1n) is 9.41. The first-order valence-corrected chi connectivity index (χ1v) is 9.41. The van der Waals surface area contributed by atoms with Crippen molar-refractivity contribution in [3.05, 3.63) is 65.4 Å². The molecule has 0 unspecified atom stereocenters. The number of halogens is 1. The summed E-state index contributed by atoms with van der Waals surface area (Å²) >= 11 is 0. The van der Waals surface area contributed by atoms with Crippen molar-refractivity contribution in [1.29, 1.82) is 0 Å². The number of benzene rings is 1. The van der Waals surface area contributed by atoms with Crippen LogP contribution in [-0.2, 0) is 17.9 Å². The van der Waals surface area contributed by atoms with E-state index in [-0.39, 0.29) is 23.5 Å². The van der Waals surface area contributed by atoms with Crippen LogP contribution in [0, 0.1) is 5.82 Å². The minimum atomic E-state index is -1.10. The second-order valence-corrected chi connectivity index (χ2v) is 7.33. The number of fused-ring (bicyclic) bond motifs is 1. The fourth-order valence-corrected chi connectivity index (χ4v) is 3.98. The van der Waals surface area contributed by atoms with Crippen LogP contribution >= 0.6 is 0 Å². The second-order valence-electron chi connectivity index (χ2n) is 7.33. The molecule has 0 saturated carbocycles. The van der Waals surface area contributed by atoms with Crippen molar-refractivity contribution in [2.75, 3.05) is 6.54 Å². The fraction of sp³-hybridized carbons (Fsp3) is 0.286. The molecule has 2 aromatic heterocycles. The predicted molar refractivity (Wildman–Crippen MR) is 105 cm³/mol. The van der Waals surface area contributed by atoms with Gasteiger partial charge >= 0.3 is 5.97 Å². The number of rotatable bonds is 6. The first kappa shape index (κ1) is 19.1. The van der Waals surface area contributed by atoms with Gasteiger partial charge in [-0.25, -0.2) is 14.2 Å². The smallest absolute Gasteiger partial charge is 0.354 e. The van der Waals surface area contributed by atoms with Crippen LogP contribution in [0.15, 0.2) is 42.7 Å². The third-order valence-corrected chi connectivity index (χ3v) is 5.40. The summed E-state index contributed by atoms with van der Waals surface area (Å²) in [6.45, 7) is 1.74. The summed E-state index contributed by atoms with van der Waals surface area (Å²) in [5, 5.41) is 10.1. The first-order chi connectivity index (χ1) is 13.9. The molecule has 0 aliphatic carbocycles. The Kier molecular flexibility index (Phi) is 5.02. The summed E-state index contributed by atoms with van der Waals surface area (Å²) in [6, 6.07) is 7.48. The second kappa shape index (κ2) is 7.63. The lowest BCUT2D eigenvalue weighted by atomic mass is 10.1. The van der Waals surface area contributed by atoms with Crippen molar-refractivity contribution >= 4 is 22.8 Å². The van der Waals surface area contributed by atoms with E-state index < -0.39 is 5.97 Å². The number of hydrogen-bond acceptors (Lipinski definition) is 4. The summed E-state index contributed by atoms with van der Waals surface area (Å²) in [4.78, 5) is 29.2. The van der Waals surface area contributed by atoms with Crippen LogP contribution in [-0.4, -0.2) is 44.0 Å².